The monoisotopic (exact) mass is 332 g/mol. The Morgan fingerprint density at radius 3 is 2.04 bits per heavy atom. The molecular formula is C20H32N2O2. The Morgan fingerprint density at radius 2 is 1.54 bits per heavy atom. The van der Waals surface area contributed by atoms with E-state index >= 15 is 0 Å². The van der Waals surface area contributed by atoms with Crippen molar-refractivity contribution < 1.29 is 9.59 Å². The fourth-order valence-corrected chi connectivity index (χ4v) is 6.62. The van der Waals surface area contributed by atoms with Crippen molar-refractivity contribution >= 4 is 11.8 Å². The first-order valence-corrected chi connectivity index (χ1v) is 10.1. The summed E-state index contributed by atoms with van der Waals surface area (Å²) in [5, 5.41) is 3.29. The Labute approximate surface area is 145 Å². The molecule has 134 valence electrons. The number of likely N-dealkylation sites (tertiary alicyclic amines) is 1. The van der Waals surface area contributed by atoms with E-state index in [2.05, 4.69) is 5.32 Å². The van der Waals surface area contributed by atoms with Crippen molar-refractivity contribution in [3.05, 3.63) is 0 Å². The second-order valence-corrected chi connectivity index (χ2v) is 9.17. The summed E-state index contributed by atoms with van der Waals surface area (Å²) in [4.78, 5) is 26.4. The number of amides is 2. The zero-order valence-electron chi connectivity index (χ0n) is 15.1. The summed E-state index contributed by atoms with van der Waals surface area (Å²) >= 11 is 0. The summed E-state index contributed by atoms with van der Waals surface area (Å²) in [5.41, 5.74) is 0.331. The molecular weight excluding hydrogens is 300 g/mol. The van der Waals surface area contributed by atoms with Crippen LogP contribution < -0.4 is 5.32 Å². The topological polar surface area (TPSA) is 49.4 Å². The van der Waals surface area contributed by atoms with Crippen molar-refractivity contribution in [2.24, 2.45) is 23.2 Å². The lowest BCUT2D eigenvalue weighted by atomic mass is 9.49. The lowest BCUT2D eigenvalue weighted by Gasteiger charge is -2.56. The van der Waals surface area contributed by atoms with E-state index in [0.29, 0.717) is 11.8 Å². The molecule has 5 aliphatic rings. The van der Waals surface area contributed by atoms with Gasteiger partial charge in [-0.25, -0.2) is 0 Å². The van der Waals surface area contributed by atoms with Crippen molar-refractivity contribution in [2.75, 3.05) is 13.1 Å². The summed E-state index contributed by atoms with van der Waals surface area (Å²) < 4.78 is 0. The van der Waals surface area contributed by atoms with Gasteiger partial charge in [0.25, 0.3) is 0 Å². The van der Waals surface area contributed by atoms with E-state index in [1.807, 2.05) is 11.8 Å². The first-order valence-electron chi connectivity index (χ1n) is 10.1. The van der Waals surface area contributed by atoms with Gasteiger partial charge in [-0.1, -0.05) is 6.92 Å². The number of hydrogen-bond donors (Lipinski definition) is 1. The van der Waals surface area contributed by atoms with E-state index in [1.54, 1.807) is 0 Å². The fourth-order valence-electron chi connectivity index (χ4n) is 6.62. The van der Waals surface area contributed by atoms with Crippen molar-refractivity contribution in [3.63, 3.8) is 0 Å². The van der Waals surface area contributed by atoms with Gasteiger partial charge in [0, 0.05) is 32.0 Å². The molecule has 0 unspecified atom stereocenters. The third kappa shape index (κ3) is 3.21. The van der Waals surface area contributed by atoms with Crippen LogP contribution in [0.2, 0.25) is 0 Å². The average Bonchev–Trinajstić information content (AvgIpc) is 2.53. The summed E-state index contributed by atoms with van der Waals surface area (Å²) in [6.07, 6.45) is 11.4. The molecule has 4 bridgehead atoms. The van der Waals surface area contributed by atoms with Crippen molar-refractivity contribution in [2.45, 2.75) is 77.2 Å². The smallest absolute Gasteiger partial charge is 0.222 e. The number of rotatable bonds is 4. The van der Waals surface area contributed by atoms with Crippen LogP contribution in [-0.2, 0) is 9.59 Å². The molecule has 4 aliphatic carbocycles. The Balaban J connectivity index is 1.28. The molecule has 0 atom stereocenters. The predicted molar refractivity (Wildman–Crippen MR) is 93.3 cm³/mol. The van der Waals surface area contributed by atoms with Gasteiger partial charge in [-0.3, -0.25) is 9.59 Å². The van der Waals surface area contributed by atoms with Gasteiger partial charge in [0.2, 0.25) is 11.8 Å². The minimum Gasteiger partial charge on any atom is -0.353 e. The first kappa shape index (κ1) is 16.4. The van der Waals surface area contributed by atoms with E-state index in [-0.39, 0.29) is 17.9 Å². The maximum absolute atomic E-state index is 12.7. The number of hydrogen-bond acceptors (Lipinski definition) is 2. The molecule has 0 aromatic rings. The van der Waals surface area contributed by atoms with Gasteiger partial charge in [0.05, 0.1) is 0 Å². The van der Waals surface area contributed by atoms with Crippen LogP contribution in [0.5, 0.6) is 0 Å². The lowest BCUT2D eigenvalue weighted by Crippen LogP contribution is -2.50. The minimum atomic E-state index is 0.244. The van der Waals surface area contributed by atoms with Crippen LogP contribution in [0, 0.1) is 23.2 Å². The van der Waals surface area contributed by atoms with Gasteiger partial charge in [0.15, 0.2) is 0 Å². The molecule has 1 saturated heterocycles. The first-order chi connectivity index (χ1) is 11.5. The molecule has 0 aromatic carbocycles. The Morgan fingerprint density at radius 1 is 1.00 bits per heavy atom. The summed E-state index contributed by atoms with van der Waals surface area (Å²) in [6, 6.07) is 0.271. The highest BCUT2D eigenvalue weighted by atomic mass is 16.2. The number of piperidine rings is 1. The SMILES string of the molecule is CCC(=O)N1CCC(NC(=O)CC23CC4CC(CC(C4)C2)C3)CC1. The van der Waals surface area contributed by atoms with Crippen molar-refractivity contribution in [1.29, 1.82) is 0 Å². The van der Waals surface area contributed by atoms with Crippen LogP contribution in [-0.4, -0.2) is 35.8 Å². The molecule has 5 fully saturated rings. The molecule has 4 saturated carbocycles. The van der Waals surface area contributed by atoms with Crippen LogP contribution in [0.15, 0.2) is 0 Å². The van der Waals surface area contributed by atoms with Crippen molar-refractivity contribution in [3.8, 4) is 0 Å². The van der Waals surface area contributed by atoms with E-state index in [0.717, 1.165) is 50.1 Å². The minimum absolute atomic E-state index is 0.244. The highest BCUT2D eigenvalue weighted by Crippen LogP contribution is 2.61. The van der Waals surface area contributed by atoms with Crippen LogP contribution in [0.4, 0.5) is 0 Å². The molecule has 5 rings (SSSR count). The molecule has 24 heavy (non-hydrogen) atoms. The second-order valence-electron chi connectivity index (χ2n) is 9.17. The summed E-state index contributed by atoms with van der Waals surface area (Å²) in [6.45, 7) is 3.52. The molecule has 1 heterocycles. The highest BCUT2D eigenvalue weighted by Gasteiger charge is 2.51. The summed E-state index contributed by atoms with van der Waals surface area (Å²) in [5.74, 6) is 3.25. The standard InChI is InChI=1S/C20H32N2O2/c1-2-19(24)22-5-3-17(4-6-22)21-18(23)13-20-10-14-7-15(11-20)9-16(8-14)12-20/h14-17H,2-13H2,1H3,(H,21,23). The Kier molecular flexibility index (Phi) is 4.34. The Hall–Kier alpha value is -1.06. The molecule has 4 heteroatoms. The molecule has 0 aromatic heterocycles. The van der Waals surface area contributed by atoms with Gasteiger partial charge in [-0.05, 0) is 74.5 Å². The number of carbonyl (C=O) groups excluding carboxylic acids is 2. The van der Waals surface area contributed by atoms with Crippen LogP contribution in [0.3, 0.4) is 0 Å². The Bertz CT molecular complexity index is 472. The average molecular weight is 332 g/mol. The van der Waals surface area contributed by atoms with Crippen LogP contribution in [0.1, 0.15) is 71.1 Å². The molecule has 0 radical (unpaired) electrons. The predicted octanol–water partition coefficient (Wildman–Crippen LogP) is 3.11. The largest absolute Gasteiger partial charge is 0.353 e. The van der Waals surface area contributed by atoms with Gasteiger partial charge in [0.1, 0.15) is 0 Å². The van der Waals surface area contributed by atoms with E-state index in [1.165, 1.54) is 38.5 Å². The quantitative estimate of drug-likeness (QED) is 0.860. The second kappa shape index (κ2) is 6.34. The molecule has 0 spiro atoms. The number of nitrogens with one attached hydrogen (secondary N) is 1. The van der Waals surface area contributed by atoms with Gasteiger partial charge in [-0.2, -0.15) is 0 Å². The van der Waals surface area contributed by atoms with E-state index in [4.69, 9.17) is 0 Å². The van der Waals surface area contributed by atoms with Gasteiger partial charge >= 0.3 is 0 Å². The highest BCUT2D eigenvalue weighted by molar-refractivity contribution is 5.77. The van der Waals surface area contributed by atoms with E-state index < -0.39 is 0 Å². The van der Waals surface area contributed by atoms with Gasteiger partial charge in [-0.15, -0.1) is 0 Å². The number of carbonyl (C=O) groups is 2. The molecule has 1 aliphatic heterocycles. The van der Waals surface area contributed by atoms with Crippen LogP contribution >= 0.6 is 0 Å². The van der Waals surface area contributed by atoms with Gasteiger partial charge < -0.3 is 10.2 Å². The maximum Gasteiger partial charge on any atom is 0.222 e. The summed E-state index contributed by atoms with van der Waals surface area (Å²) in [7, 11) is 0. The lowest BCUT2D eigenvalue weighted by molar-refractivity contribution is -0.132. The normalized spacial score (nSPS) is 38.4. The fraction of sp³-hybridized carbons (Fsp3) is 0.900. The van der Waals surface area contributed by atoms with Crippen molar-refractivity contribution in [1.82, 2.24) is 10.2 Å². The molecule has 4 nitrogen and oxygen atoms in total. The third-order valence-corrected chi connectivity index (χ3v) is 7.22. The zero-order valence-corrected chi connectivity index (χ0v) is 15.1. The molecule has 2 amide bonds. The third-order valence-electron chi connectivity index (χ3n) is 7.22. The molecule has 1 N–H and O–H groups in total. The maximum atomic E-state index is 12.7. The zero-order chi connectivity index (χ0) is 16.7. The number of nitrogens with zero attached hydrogens (tertiary/aromatic N) is 1. The van der Waals surface area contributed by atoms with Crippen LogP contribution in [0.25, 0.3) is 0 Å². The van der Waals surface area contributed by atoms with E-state index in [9.17, 15) is 9.59 Å².